The van der Waals surface area contributed by atoms with Gasteiger partial charge in [0.15, 0.2) is 0 Å². The molecule has 3 aromatic carbocycles. The summed E-state index contributed by atoms with van der Waals surface area (Å²) < 4.78 is 5.68. The number of benzene rings is 3. The van der Waals surface area contributed by atoms with Crippen molar-refractivity contribution in [1.29, 1.82) is 0 Å². The smallest absolute Gasteiger partial charge is 0.248 e. The maximum absolute atomic E-state index is 5.68. The zero-order chi connectivity index (χ0) is 24.8. The first-order chi connectivity index (χ1) is 17.8. The minimum Gasteiger partial charge on any atom is -0.423 e. The van der Waals surface area contributed by atoms with Crippen LogP contribution >= 0.6 is 0 Å². The summed E-state index contributed by atoms with van der Waals surface area (Å²) in [6.07, 6.45) is 14.1. The summed E-state index contributed by atoms with van der Waals surface area (Å²) in [6.45, 7) is 4.60. The predicted octanol–water partition coefficient (Wildman–Crippen LogP) is 9.61. The monoisotopic (exact) mass is 478 g/mol. The van der Waals surface area contributed by atoms with Crippen LogP contribution in [0.3, 0.4) is 0 Å². The van der Waals surface area contributed by atoms with Gasteiger partial charge in [-0.05, 0) is 52.3 Å². The largest absolute Gasteiger partial charge is 0.423 e. The van der Waals surface area contributed by atoms with Crippen molar-refractivity contribution < 1.29 is 4.42 Å². The van der Waals surface area contributed by atoms with Gasteiger partial charge in [-0.1, -0.05) is 126 Å². The fraction of sp³-hybridized carbons (Fsp3) is 0.394. The second-order valence-electron chi connectivity index (χ2n) is 10.3. The normalized spacial score (nSPS) is 13.5. The minimum atomic E-state index is 0.0337. The van der Waals surface area contributed by atoms with Crippen LogP contribution in [0, 0.1) is 0 Å². The van der Waals surface area contributed by atoms with E-state index in [0.717, 1.165) is 5.56 Å². The highest BCUT2D eigenvalue weighted by Crippen LogP contribution is 2.57. The van der Waals surface area contributed by atoms with E-state index in [4.69, 9.17) is 4.42 Å². The maximum atomic E-state index is 5.68. The lowest BCUT2D eigenvalue weighted by Gasteiger charge is -2.34. The van der Waals surface area contributed by atoms with Crippen molar-refractivity contribution >= 4 is 0 Å². The molecule has 5 rings (SSSR count). The highest BCUT2D eigenvalue weighted by Gasteiger charge is 2.43. The van der Waals surface area contributed by atoms with Gasteiger partial charge in [-0.3, -0.25) is 0 Å². The first-order valence-electron chi connectivity index (χ1n) is 13.9. The Morgan fingerprint density at radius 2 is 1.19 bits per heavy atom. The molecule has 0 fully saturated rings. The van der Waals surface area contributed by atoms with Crippen LogP contribution in [0.1, 0.15) is 89.2 Å². The van der Waals surface area contributed by atoms with E-state index in [1.54, 1.807) is 0 Å². The predicted molar refractivity (Wildman–Crippen MR) is 149 cm³/mol. The van der Waals surface area contributed by atoms with Gasteiger partial charge in [-0.15, -0.1) is 10.2 Å². The Balaban J connectivity index is 1.69. The van der Waals surface area contributed by atoms with E-state index in [9.17, 15) is 0 Å². The van der Waals surface area contributed by atoms with Crippen LogP contribution in [0.15, 0.2) is 77.5 Å². The molecular weight excluding hydrogens is 440 g/mol. The third-order valence-electron chi connectivity index (χ3n) is 8.00. The summed E-state index contributed by atoms with van der Waals surface area (Å²) in [6, 6.07) is 24.6. The molecule has 0 amide bonds. The van der Waals surface area contributed by atoms with E-state index in [0.29, 0.717) is 5.89 Å². The van der Waals surface area contributed by atoms with Crippen molar-refractivity contribution in [3.8, 4) is 33.7 Å². The lowest BCUT2D eigenvalue weighted by Crippen LogP contribution is -2.26. The lowest BCUT2D eigenvalue weighted by atomic mass is 9.68. The number of unbranched alkanes of at least 4 members (excludes halogenated alkanes) is 6. The van der Waals surface area contributed by atoms with E-state index >= 15 is 0 Å². The molecule has 4 aromatic rings. The van der Waals surface area contributed by atoms with E-state index in [2.05, 4.69) is 90.8 Å². The first-order valence-corrected chi connectivity index (χ1v) is 13.9. The molecule has 3 heteroatoms. The molecule has 186 valence electrons. The van der Waals surface area contributed by atoms with Crippen LogP contribution in [0.4, 0.5) is 0 Å². The molecule has 1 aromatic heterocycles. The number of hydrogen-bond acceptors (Lipinski definition) is 3. The second kappa shape index (κ2) is 11.2. The van der Waals surface area contributed by atoms with Gasteiger partial charge in [0.1, 0.15) is 0 Å². The van der Waals surface area contributed by atoms with Crippen molar-refractivity contribution in [2.45, 2.75) is 83.5 Å². The number of fused-ring (bicyclic) bond motifs is 3. The van der Waals surface area contributed by atoms with Crippen LogP contribution in [-0.2, 0) is 5.41 Å². The zero-order valence-corrected chi connectivity index (χ0v) is 21.8. The Kier molecular flexibility index (Phi) is 7.65. The van der Waals surface area contributed by atoms with Crippen LogP contribution < -0.4 is 0 Å². The van der Waals surface area contributed by atoms with Crippen molar-refractivity contribution in [1.82, 2.24) is 10.2 Å². The fourth-order valence-corrected chi connectivity index (χ4v) is 6.33. The Bertz CT molecular complexity index is 1260. The fourth-order valence-electron chi connectivity index (χ4n) is 6.33. The number of aromatic nitrogens is 2. The second-order valence-corrected chi connectivity index (χ2v) is 10.3. The lowest BCUT2D eigenvalue weighted by molar-refractivity contribution is 0.402. The molecule has 1 aliphatic rings. The summed E-state index contributed by atoms with van der Waals surface area (Å²) in [5.74, 6) is 0.579. The summed E-state index contributed by atoms with van der Waals surface area (Å²) in [7, 11) is 0. The van der Waals surface area contributed by atoms with Gasteiger partial charge in [0, 0.05) is 11.0 Å². The first kappa shape index (κ1) is 24.5. The number of hydrogen-bond donors (Lipinski definition) is 0. The van der Waals surface area contributed by atoms with Crippen molar-refractivity contribution in [2.24, 2.45) is 0 Å². The molecule has 0 atom stereocenters. The summed E-state index contributed by atoms with van der Waals surface area (Å²) in [4.78, 5) is 0. The van der Waals surface area contributed by atoms with Gasteiger partial charge in [0.25, 0.3) is 0 Å². The standard InChI is InChI=1S/C33H38N2O/c1-3-5-7-13-22-33(23-14-8-6-4-2)30-21-12-11-17-26(30)28-20-15-19-27(31(28)33)25-16-9-10-18-29(25)32-35-34-24-36-32/h9-12,15-21,24H,3-8,13-14,22-23H2,1-2H3. The molecule has 0 saturated carbocycles. The molecule has 36 heavy (non-hydrogen) atoms. The topological polar surface area (TPSA) is 38.9 Å². The molecule has 0 bridgehead atoms. The summed E-state index contributed by atoms with van der Waals surface area (Å²) >= 11 is 0. The molecule has 1 aliphatic carbocycles. The molecular formula is C33H38N2O. The van der Waals surface area contributed by atoms with Crippen LogP contribution in [0.5, 0.6) is 0 Å². The van der Waals surface area contributed by atoms with Gasteiger partial charge in [-0.25, -0.2) is 0 Å². The average molecular weight is 479 g/mol. The van der Waals surface area contributed by atoms with Gasteiger partial charge in [-0.2, -0.15) is 0 Å². The highest BCUT2D eigenvalue weighted by atomic mass is 16.4. The van der Waals surface area contributed by atoms with E-state index < -0.39 is 0 Å². The van der Waals surface area contributed by atoms with Crippen molar-refractivity contribution in [2.75, 3.05) is 0 Å². The van der Waals surface area contributed by atoms with Crippen LogP contribution in [0.25, 0.3) is 33.7 Å². The van der Waals surface area contributed by atoms with E-state index in [1.807, 2.05) is 0 Å². The Labute approximate surface area is 216 Å². The Morgan fingerprint density at radius 3 is 1.83 bits per heavy atom. The van der Waals surface area contributed by atoms with Crippen molar-refractivity contribution in [3.05, 3.63) is 84.3 Å². The van der Waals surface area contributed by atoms with Crippen molar-refractivity contribution in [3.63, 3.8) is 0 Å². The quantitative estimate of drug-likeness (QED) is 0.190. The summed E-state index contributed by atoms with van der Waals surface area (Å²) in [5, 5.41) is 8.23. The molecule has 0 saturated heterocycles. The average Bonchev–Trinajstić information content (AvgIpc) is 3.56. The molecule has 3 nitrogen and oxygen atoms in total. The minimum absolute atomic E-state index is 0.0337. The SMILES string of the molecule is CCCCCCC1(CCCCCC)c2ccccc2-c2cccc(-c3ccccc3-c3nnco3)c21. The highest BCUT2D eigenvalue weighted by molar-refractivity contribution is 5.91. The van der Waals surface area contributed by atoms with Crippen LogP contribution in [0.2, 0.25) is 0 Å². The molecule has 0 radical (unpaired) electrons. The zero-order valence-electron chi connectivity index (χ0n) is 21.8. The molecule has 0 spiro atoms. The van der Waals surface area contributed by atoms with Gasteiger partial charge < -0.3 is 4.42 Å². The van der Waals surface area contributed by atoms with Gasteiger partial charge in [0.05, 0.1) is 0 Å². The summed E-state index contributed by atoms with van der Waals surface area (Å²) in [5.41, 5.74) is 9.37. The molecule has 1 heterocycles. The molecule has 0 unspecified atom stereocenters. The molecule has 0 N–H and O–H groups in total. The number of nitrogens with zero attached hydrogens (tertiary/aromatic N) is 2. The maximum Gasteiger partial charge on any atom is 0.248 e. The van der Waals surface area contributed by atoms with Gasteiger partial charge >= 0.3 is 0 Å². The number of rotatable bonds is 12. The van der Waals surface area contributed by atoms with Crippen LogP contribution in [-0.4, -0.2) is 10.2 Å². The Morgan fingerprint density at radius 1 is 0.611 bits per heavy atom. The van der Waals surface area contributed by atoms with E-state index in [-0.39, 0.29) is 5.41 Å². The van der Waals surface area contributed by atoms with Gasteiger partial charge in [0.2, 0.25) is 12.3 Å². The van der Waals surface area contributed by atoms with E-state index in [1.165, 1.54) is 104 Å². The third-order valence-corrected chi connectivity index (χ3v) is 8.00. The molecule has 0 aliphatic heterocycles. The third kappa shape index (κ3) is 4.52. The Hall–Kier alpha value is -3.20.